The Hall–Kier alpha value is -0.130. The summed E-state index contributed by atoms with van der Waals surface area (Å²) in [7, 11) is -5.50. The minimum atomic E-state index is -5.50. The Labute approximate surface area is 101 Å². The molecule has 1 rings (SSSR count). The summed E-state index contributed by atoms with van der Waals surface area (Å²) in [5.74, 6) is 0. The van der Waals surface area contributed by atoms with Gasteiger partial charge in [0.05, 0.1) is 14.4 Å². The Kier molecular flexibility index (Phi) is 5.21. The van der Waals surface area contributed by atoms with Gasteiger partial charge < -0.3 is 49.1 Å². The first-order chi connectivity index (χ1) is 8.17. The lowest BCUT2D eigenvalue weighted by Gasteiger charge is -2.44. The van der Waals surface area contributed by atoms with Crippen LogP contribution in [0.15, 0.2) is 0 Å². The zero-order valence-electron chi connectivity index (χ0n) is 8.90. The summed E-state index contributed by atoms with van der Waals surface area (Å²) in [4.78, 5) is 20.8. The molecule has 0 aliphatic carbocycles. The molecule has 10 nitrogen and oxygen atoms in total. The molecule has 0 amide bonds. The summed E-state index contributed by atoms with van der Waals surface area (Å²) in [6.45, 7) is -0.857. The molecule has 0 aromatic carbocycles. The highest BCUT2D eigenvalue weighted by atomic mass is 31.2. The third kappa shape index (κ3) is 3.68. The van der Waals surface area contributed by atoms with E-state index in [-0.39, 0.29) is 0 Å². The molecular weight excluding hydrogens is 275 g/mol. The second-order valence-corrected chi connectivity index (χ2v) is 4.85. The van der Waals surface area contributed by atoms with E-state index < -0.39 is 51.2 Å². The van der Waals surface area contributed by atoms with Crippen molar-refractivity contribution in [3.8, 4) is 0 Å². The second kappa shape index (κ2) is 5.88. The summed E-state index contributed by atoms with van der Waals surface area (Å²) in [6, 6.07) is 0. The maximum absolute atomic E-state index is 10.4. The molecule has 0 radical (unpaired) electrons. The van der Waals surface area contributed by atoms with E-state index in [0.29, 0.717) is 0 Å². The zero-order valence-corrected chi connectivity index (χ0v) is 9.79. The van der Waals surface area contributed by atoms with E-state index in [1.807, 2.05) is 0 Å². The van der Waals surface area contributed by atoms with Crippen molar-refractivity contribution in [1.29, 1.82) is 0 Å². The number of ether oxygens (including phenoxy) is 1. The maximum atomic E-state index is 10.4. The first kappa shape index (κ1) is 15.9. The average Bonchev–Trinajstić information content (AvgIpc) is 2.27. The predicted molar refractivity (Wildman–Crippen MR) is 48.5 cm³/mol. The summed E-state index contributed by atoms with van der Waals surface area (Å²) in [6.07, 6.45) is -11.1. The lowest BCUT2D eigenvalue weighted by atomic mass is 9.96. The van der Waals surface area contributed by atoms with Crippen molar-refractivity contribution in [3.63, 3.8) is 0 Å². The Balaban J connectivity index is 2.84. The molecule has 6 atom stereocenters. The van der Waals surface area contributed by atoms with Gasteiger partial charge >= 0.3 is 0 Å². The van der Waals surface area contributed by atoms with Crippen molar-refractivity contribution < 1.29 is 49.1 Å². The third-order valence-electron chi connectivity index (χ3n) is 2.41. The summed E-state index contributed by atoms with van der Waals surface area (Å²) >= 11 is 0. The molecule has 1 aliphatic rings. The van der Waals surface area contributed by atoms with E-state index in [9.17, 15) is 34.8 Å². The van der Waals surface area contributed by atoms with Crippen LogP contribution in [-0.4, -0.2) is 68.9 Å². The first-order valence-corrected chi connectivity index (χ1v) is 6.32. The van der Waals surface area contributed by atoms with E-state index in [4.69, 9.17) is 5.11 Å². The number of phosphoric acid groups is 1. The van der Waals surface area contributed by atoms with Crippen LogP contribution in [0.4, 0.5) is 0 Å². The van der Waals surface area contributed by atoms with Gasteiger partial charge in [-0.3, -0.25) is 0 Å². The monoisotopic (exact) mass is 288 g/mol. The molecule has 18 heavy (non-hydrogen) atoms. The predicted octanol–water partition coefficient (Wildman–Crippen LogP) is -5.01. The highest BCUT2D eigenvalue weighted by Gasteiger charge is 2.47. The molecule has 11 heteroatoms. The Morgan fingerprint density at radius 2 is 1.78 bits per heavy atom. The average molecular weight is 288 g/mol. The maximum Gasteiger partial charge on any atom is 0.191 e. The van der Waals surface area contributed by atoms with Crippen molar-refractivity contribution in [2.75, 3.05) is 6.61 Å². The lowest BCUT2D eigenvalue weighted by molar-refractivity contribution is -0.370. The SMILES string of the molecule is O=P([O-])([O-])O[C@@H]1OC([C@H](O)CO)[C@@H](O)C(O)C1O. The number of hydrogen-bond donors (Lipinski definition) is 5. The molecule has 0 aromatic heterocycles. The molecule has 0 saturated carbocycles. The van der Waals surface area contributed by atoms with Gasteiger partial charge in [-0.1, -0.05) is 0 Å². The zero-order chi connectivity index (χ0) is 14.1. The van der Waals surface area contributed by atoms with Crippen LogP contribution >= 0.6 is 7.82 Å². The molecular formula is C7H13O10P-2. The smallest absolute Gasteiger partial charge is 0.191 e. The summed E-state index contributed by atoms with van der Waals surface area (Å²) in [5.41, 5.74) is 0. The normalized spacial score (nSPS) is 39.6. The quantitative estimate of drug-likeness (QED) is 0.314. The molecule has 0 bridgehead atoms. The van der Waals surface area contributed by atoms with E-state index >= 15 is 0 Å². The van der Waals surface area contributed by atoms with Gasteiger partial charge in [0, 0.05) is 0 Å². The van der Waals surface area contributed by atoms with Gasteiger partial charge in [0.2, 0.25) is 0 Å². The largest absolute Gasteiger partial charge is 0.790 e. The van der Waals surface area contributed by atoms with E-state index in [1.54, 1.807) is 0 Å². The minimum Gasteiger partial charge on any atom is -0.790 e. The van der Waals surface area contributed by atoms with E-state index in [0.717, 1.165) is 0 Å². The van der Waals surface area contributed by atoms with Crippen LogP contribution in [0.25, 0.3) is 0 Å². The third-order valence-corrected chi connectivity index (χ3v) is 2.87. The molecule has 1 aliphatic heterocycles. The van der Waals surface area contributed by atoms with Gasteiger partial charge in [-0.15, -0.1) is 0 Å². The van der Waals surface area contributed by atoms with Gasteiger partial charge in [-0.25, -0.2) is 0 Å². The number of aliphatic hydroxyl groups excluding tert-OH is 5. The van der Waals surface area contributed by atoms with Gasteiger partial charge in [-0.05, 0) is 0 Å². The molecule has 1 heterocycles. The van der Waals surface area contributed by atoms with E-state index in [2.05, 4.69) is 9.26 Å². The highest BCUT2D eigenvalue weighted by Crippen LogP contribution is 2.33. The molecule has 108 valence electrons. The first-order valence-electron chi connectivity index (χ1n) is 4.86. The summed E-state index contributed by atoms with van der Waals surface area (Å²) < 4.78 is 18.9. The Bertz CT molecular complexity index is 317. The standard InChI is InChI=1S/C7H15O10P/c8-1-2(9)6-4(11)3(10)5(12)7(16-6)17-18(13,14)15/h2-12H,1H2,(H2,13,14,15)/p-2/t2-,3?,4+,5?,6?,7+/m1/s1. The van der Waals surface area contributed by atoms with Crippen LogP contribution in [0.1, 0.15) is 0 Å². The van der Waals surface area contributed by atoms with Crippen molar-refractivity contribution in [1.82, 2.24) is 0 Å². The molecule has 0 spiro atoms. The second-order valence-electron chi connectivity index (χ2n) is 3.74. The minimum absolute atomic E-state index is 0.857. The topological polar surface area (TPSA) is 183 Å². The number of aliphatic hydroxyl groups is 5. The van der Waals surface area contributed by atoms with Crippen LogP contribution in [0.3, 0.4) is 0 Å². The van der Waals surface area contributed by atoms with Crippen LogP contribution in [0, 0.1) is 0 Å². The fraction of sp³-hybridized carbons (Fsp3) is 1.00. The molecule has 0 aromatic rings. The van der Waals surface area contributed by atoms with Crippen LogP contribution in [0.5, 0.6) is 0 Å². The van der Waals surface area contributed by atoms with Crippen LogP contribution < -0.4 is 9.79 Å². The fourth-order valence-electron chi connectivity index (χ4n) is 1.51. The van der Waals surface area contributed by atoms with Crippen molar-refractivity contribution >= 4 is 7.82 Å². The van der Waals surface area contributed by atoms with Crippen LogP contribution in [0.2, 0.25) is 0 Å². The van der Waals surface area contributed by atoms with Gasteiger partial charge in [0.25, 0.3) is 0 Å². The highest BCUT2D eigenvalue weighted by molar-refractivity contribution is 7.43. The lowest BCUT2D eigenvalue weighted by Crippen LogP contribution is -2.61. The van der Waals surface area contributed by atoms with Crippen molar-refractivity contribution in [2.45, 2.75) is 36.8 Å². The molecule has 5 N–H and O–H groups in total. The van der Waals surface area contributed by atoms with Gasteiger partial charge in [0.1, 0.15) is 30.5 Å². The van der Waals surface area contributed by atoms with Crippen molar-refractivity contribution in [3.05, 3.63) is 0 Å². The van der Waals surface area contributed by atoms with Crippen molar-refractivity contribution in [2.24, 2.45) is 0 Å². The van der Waals surface area contributed by atoms with Crippen LogP contribution in [-0.2, 0) is 13.8 Å². The van der Waals surface area contributed by atoms with Gasteiger partial charge in [0.15, 0.2) is 6.29 Å². The van der Waals surface area contributed by atoms with Gasteiger partial charge in [-0.2, -0.15) is 0 Å². The molecule has 1 fully saturated rings. The molecule has 3 unspecified atom stereocenters. The fourth-order valence-corrected chi connectivity index (χ4v) is 1.94. The summed E-state index contributed by atoms with van der Waals surface area (Å²) in [5, 5.41) is 46.1. The number of phosphoric ester groups is 1. The Morgan fingerprint density at radius 3 is 2.22 bits per heavy atom. The number of rotatable bonds is 4. The number of hydrogen-bond acceptors (Lipinski definition) is 10. The molecule has 1 saturated heterocycles. The van der Waals surface area contributed by atoms with E-state index in [1.165, 1.54) is 0 Å². The Morgan fingerprint density at radius 1 is 1.22 bits per heavy atom.